The number of methoxy groups -OCH3 is 7. The molecule has 1 heterocycles. The number of anilines is 9. The van der Waals surface area contributed by atoms with Crippen LogP contribution in [0.3, 0.4) is 0 Å². The number of aromatic nitrogens is 1. The van der Waals surface area contributed by atoms with Gasteiger partial charge in [-0.25, -0.2) is 13.8 Å². The Balaban J connectivity index is -0.000000297. The maximum absolute atomic E-state index is 13.4. The summed E-state index contributed by atoms with van der Waals surface area (Å²) in [6, 6.07) is 57.3. The molecule has 0 aliphatic carbocycles. The summed E-state index contributed by atoms with van der Waals surface area (Å²) in [6.07, 6.45) is 3.11. The number of ether oxygens (including phenoxy) is 7. The Kier molecular flexibility index (Phi) is 72.7. The standard InChI is InChI=1S/C22H32N2O4.C14H23NO3.C14H17N.C13H18F3NS.C12H18FNS.C12H19NS.C11H16FN.C10H15BrN2.9CH4/c1-22(2,3)14-24-16-8-9-18(25-4)15(10-16)13-23-17-11-19(26-5)21(28-7)20(12-17)27-6;1-14(2,3)9-15-10-7-8-11(16-4)13(18-6)12(10)17-5;1-11(2)10-15-14-9-5-7-12-6-3-4-8-13(12)14;1-12(2,3)8-17-9-5-6-11(18-4)10(7-9)13(14,15)16;1-12(2,3)8-14-9-5-6-11(15-4)10(13)7-9;1-12(2,3)9-13-10-5-7-11(14-4)8-6-10;1-11(2,3)8-13-10-6-4-5-9(12)7-10;1-10(2,3)7-13-9-5-4-8(11)6-12-9;;;;;;;;;/h8-12,23-24H,13-14H2,1-7H3;7-8,15H,9H2,1-6H3;3-9,11,15H,10H2,1-2H3;5-7,17H,8H2,1-4H3;5-7,14H,8H2,1-4H3;5-8,13H,9H2,1-4H3;4-7,13H,8H2,1-3H3;4-6H,7H2,1-3H3,(H,12,13);9*1H4. The number of nitrogens with zero attached hydrogens (tertiary/aromatic N) is 1. The number of halogens is 6. The summed E-state index contributed by atoms with van der Waals surface area (Å²) in [5.41, 5.74) is 9.41. The van der Waals surface area contributed by atoms with Crippen molar-refractivity contribution < 1.29 is 55.1 Å². The number of rotatable bonds is 30. The van der Waals surface area contributed by atoms with Crippen LogP contribution < -0.4 is 81.0 Å². The summed E-state index contributed by atoms with van der Waals surface area (Å²) in [5.74, 6) is 5.81. The molecule has 0 unspecified atom stereocenters. The average molecular weight is 2120 g/mol. The summed E-state index contributed by atoms with van der Waals surface area (Å²) in [7, 11) is 11.3. The van der Waals surface area contributed by atoms with E-state index >= 15 is 0 Å². The highest BCUT2D eigenvalue weighted by molar-refractivity contribution is 9.10. The normalized spacial score (nSPS) is 10.7. The van der Waals surface area contributed by atoms with Gasteiger partial charge in [-0.05, 0) is 211 Å². The molecule has 0 saturated carbocycles. The van der Waals surface area contributed by atoms with E-state index in [-0.39, 0.29) is 116 Å². The smallest absolute Gasteiger partial charge is 0.417 e. The molecule has 1 aromatic heterocycles. The largest absolute Gasteiger partial charge is 0.496 e. The lowest BCUT2D eigenvalue weighted by atomic mass is 9.97. The molecule has 9 aromatic carbocycles. The Morgan fingerprint density at radius 3 is 1.16 bits per heavy atom. The number of fused-ring (bicyclic) bond motifs is 1. The van der Waals surface area contributed by atoms with Crippen LogP contribution >= 0.6 is 51.2 Å². The van der Waals surface area contributed by atoms with Crippen molar-refractivity contribution in [3.63, 3.8) is 0 Å². The van der Waals surface area contributed by atoms with Crippen LogP contribution in [-0.4, -0.2) is 126 Å². The molecule has 0 radical (unpaired) electrons. The first-order valence-corrected chi connectivity index (χ1v) is 49.5. The second-order valence-corrected chi connectivity index (χ2v) is 44.2. The molecule has 10 rings (SSSR count). The molecule has 0 fully saturated rings. The van der Waals surface area contributed by atoms with Crippen molar-refractivity contribution in [3.05, 3.63) is 215 Å². The highest BCUT2D eigenvalue weighted by atomic mass is 79.9. The van der Waals surface area contributed by atoms with E-state index in [1.807, 2.05) is 93.8 Å². The number of hydrogen-bond acceptors (Lipinski definition) is 20. The van der Waals surface area contributed by atoms with Crippen molar-refractivity contribution in [2.75, 3.05) is 169 Å². The fourth-order valence-corrected chi connectivity index (χ4v) is 13.2. The van der Waals surface area contributed by atoms with Crippen LogP contribution in [0.25, 0.3) is 10.8 Å². The predicted molar refractivity (Wildman–Crippen MR) is 634 cm³/mol. The zero-order valence-electron chi connectivity index (χ0n) is 86.1. The third kappa shape index (κ3) is 61.4. The predicted octanol–water partition coefficient (Wildman–Crippen LogP) is 36.9. The molecule has 143 heavy (non-hydrogen) atoms. The third-order valence-corrected chi connectivity index (χ3v) is 21.4. The van der Waals surface area contributed by atoms with Gasteiger partial charge in [-0.2, -0.15) is 13.2 Å². The topological polar surface area (TPSA) is 186 Å². The maximum atomic E-state index is 13.4. The molecule has 17 nitrogen and oxygen atoms in total. The van der Waals surface area contributed by atoms with E-state index < -0.39 is 11.7 Å². The number of thioether (sulfide) groups is 3. The molecule has 0 spiro atoms. The molecule has 0 atom stereocenters. The van der Waals surface area contributed by atoms with Crippen molar-refractivity contribution in [1.29, 1.82) is 0 Å². The van der Waals surface area contributed by atoms with E-state index in [1.165, 1.54) is 63.1 Å². The van der Waals surface area contributed by atoms with E-state index in [1.54, 1.807) is 92.2 Å². The first-order chi connectivity index (χ1) is 62.5. The molecule has 0 bridgehead atoms. The van der Waals surface area contributed by atoms with E-state index in [0.29, 0.717) is 69.5 Å². The van der Waals surface area contributed by atoms with Crippen LogP contribution in [0.2, 0.25) is 0 Å². The zero-order valence-corrected chi connectivity index (χ0v) is 90.2. The van der Waals surface area contributed by atoms with Gasteiger partial charge in [0, 0.05) is 147 Å². The summed E-state index contributed by atoms with van der Waals surface area (Å²) in [4.78, 5) is 6.48. The molecule has 814 valence electrons. The minimum Gasteiger partial charge on any atom is -0.496 e. The Bertz CT molecular complexity index is 5020. The van der Waals surface area contributed by atoms with Crippen molar-refractivity contribution in [3.8, 4) is 40.2 Å². The van der Waals surface area contributed by atoms with Crippen molar-refractivity contribution in [2.24, 2.45) is 43.8 Å². The molecule has 0 aliphatic rings. The summed E-state index contributed by atoms with van der Waals surface area (Å²) in [6.45, 7) is 57.4. The van der Waals surface area contributed by atoms with Gasteiger partial charge in [0.15, 0.2) is 23.0 Å². The lowest BCUT2D eigenvalue weighted by molar-refractivity contribution is -0.139. The van der Waals surface area contributed by atoms with Crippen LogP contribution in [0.4, 0.5) is 73.3 Å². The fraction of sp³-hybridized carbons (Fsp3) is 0.513. The highest BCUT2D eigenvalue weighted by Gasteiger charge is 2.34. The van der Waals surface area contributed by atoms with Gasteiger partial charge < -0.3 is 81.0 Å². The summed E-state index contributed by atoms with van der Waals surface area (Å²) < 4.78 is 103. The Labute approximate surface area is 889 Å². The Hall–Kier alpha value is -9.63. The molecule has 0 amide bonds. The summed E-state index contributed by atoms with van der Waals surface area (Å²) >= 11 is 7.65. The lowest BCUT2D eigenvalue weighted by Gasteiger charge is -2.22. The second kappa shape index (κ2) is 71.0. The highest BCUT2D eigenvalue weighted by Crippen LogP contribution is 2.44. The number of pyridine rings is 1. The zero-order chi connectivity index (χ0) is 101. The second-order valence-electron chi connectivity index (χ2n) is 40.7. The molecule has 9 N–H and O–H groups in total. The Morgan fingerprint density at radius 2 is 0.741 bits per heavy atom. The van der Waals surface area contributed by atoms with Gasteiger partial charge in [0.25, 0.3) is 0 Å². The quantitative estimate of drug-likeness (QED) is 0.0153. The fourth-order valence-electron chi connectivity index (χ4n) is 11.5. The van der Waals surface area contributed by atoms with E-state index in [2.05, 4.69) is 286 Å². The van der Waals surface area contributed by atoms with Gasteiger partial charge >= 0.3 is 6.18 Å². The molecule has 0 aliphatic heterocycles. The molecule has 10 aromatic rings. The van der Waals surface area contributed by atoms with Gasteiger partial charge in [0.1, 0.15) is 23.2 Å². The van der Waals surface area contributed by atoms with Gasteiger partial charge in [-0.15, -0.1) is 35.3 Å². The summed E-state index contributed by atoms with van der Waals surface area (Å²) in [5, 5.41) is 32.5. The van der Waals surface area contributed by atoms with Gasteiger partial charge in [-0.3, -0.25) is 0 Å². The van der Waals surface area contributed by atoms with Crippen LogP contribution in [0.5, 0.6) is 40.2 Å². The maximum Gasteiger partial charge on any atom is 0.417 e. The molecule has 0 saturated heterocycles. The molecular formula is C117H194BrF5N10O7S3. The average Bonchev–Trinajstić information content (AvgIpc) is 0.825. The minimum atomic E-state index is -4.31. The minimum absolute atomic E-state index is 0. The van der Waals surface area contributed by atoms with Gasteiger partial charge in [0.2, 0.25) is 11.5 Å². The number of hydrogen-bond donors (Lipinski definition) is 9. The van der Waals surface area contributed by atoms with Crippen molar-refractivity contribution >= 4 is 113 Å². The third-order valence-electron chi connectivity index (χ3n) is 18.6. The number of benzene rings is 9. The van der Waals surface area contributed by atoms with E-state index in [0.717, 1.165) is 108 Å². The SMILES string of the molecule is C.C.C.C.C.C.C.C.C.CC(C)(C)CNc1ccc(Br)cn1.CC(C)(C)CNc1cccc(F)c1.CC(C)CNc1cccc2ccccc12.COc1ccc(NCC(C)(C)C)c(OC)c1OC.COc1ccc(NCC(C)(C)C)cc1CNc1cc(OC)c(OC)c(OC)c1.CSc1ccc(NCC(C)(C)C)cc1.CSc1ccc(NCC(C)(C)C)cc1C(F)(F)F.CSc1ccc(NCC(C)(C)C)cc1F. The number of nitrogens with one attached hydrogen (secondary N) is 9. The Morgan fingerprint density at radius 1 is 0.336 bits per heavy atom. The van der Waals surface area contributed by atoms with Crippen molar-refractivity contribution in [2.45, 2.75) is 253 Å². The van der Waals surface area contributed by atoms with E-state index in [4.69, 9.17) is 33.2 Å². The monoisotopic (exact) mass is 2120 g/mol. The van der Waals surface area contributed by atoms with Gasteiger partial charge in [0.05, 0.1) is 61.0 Å². The molecular weight excluding hydrogens is 1930 g/mol. The van der Waals surface area contributed by atoms with E-state index in [9.17, 15) is 22.0 Å². The van der Waals surface area contributed by atoms with Crippen LogP contribution in [0.15, 0.2) is 207 Å². The van der Waals surface area contributed by atoms with Crippen LogP contribution in [-0.2, 0) is 12.7 Å². The van der Waals surface area contributed by atoms with Gasteiger partial charge in [-0.1, -0.05) is 269 Å². The molecule has 26 heteroatoms. The van der Waals surface area contributed by atoms with Crippen LogP contribution in [0, 0.1) is 55.5 Å². The van der Waals surface area contributed by atoms with Crippen molar-refractivity contribution in [1.82, 2.24) is 4.98 Å². The first-order valence-electron chi connectivity index (χ1n) is 45.0. The lowest BCUT2D eigenvalue weighted by Crippen LogP contribution is -2.19. The number of alkyl halides is 3. The van der Waals surface area contributed by atoms with Crippen LogP contribution in [0.1, 0.15) is 237 Å². The first kappa shape index (κ1) is 146.